The highest BCUT2D eigenvalue weighted by Crippen LogP contribution is 2.21. The minimum absolute atomic E-state index is 0.00599. The van der Waals surface area contributed by atoms with Gasteiger partial charge >= 0.3 is 0 Å². The van der Waals surface area contributed by atoms with Crippen LogP contribution < -0.4 is 5.32 Å². The molecule has 0 bridgehead atoms. The number of rotatable bonds is 5. The van der Waals surface area contributed by atoms with E-state index in [1.165, 1.54) is 0 Å². The molecule has 1 fully saturated rings. The number of aromatic nitrogens is 3. The molecule has 2 aromatic heterocycles. The Bertz CT molecular complexity index is 854. The maximum absolute atomic E-state index is 12.6. The number of hydrogen-bond acceptors (Lipinski definition) is 6. The zero-order chi connectivity index (χ0) is 21.0. The summed E-state index contributed by atoms with van der Waals surface area (Å²) in [5.74, 6) is 1.33. The molecule has 0 aromatic carbocycles. The quantitative estimate of drug-likeness (QED) is 0.830. The van der Waals surface area contributed by atoms with Crippen molar-refractivity contribution < 1.29 is 14.1 Å². The molecule has 0 radical (unpaired) electrons. The maximum Gasteiger partial charge on any atom is 0.230 e. The third-order valence-electron chi connectivity index (χ3n) is 5.00. The van der Waals surface area contributed by atoms with Gasteiger partial charge in [-0.25, -0.2) is 4.98 Å². The second kappa shape index (κ2) is 8.71. The van der Waals surface area contributed by atoms with Crippen LogP contribution in [0.15, 0.2) is 22.9 Å². The van der Waals surface area contributed by atoms with Gasteiger partial charge in [-0.3, -0.25) is 9.59 Å². The van der Waals surface area contributed by atoms with Crippen LogP contribution in [0.2, 0.25) is 0 Å². The van der Waals surface area contributed by atoms with Gasteiger partial charge in [0.25, 0.3) is 0 Å². The van der Waals surface area contributed by atoms with Gasteiger partial charge in [0.05, 0.1) is 5.92 Å². The van der Waals surface area contributed by atoms with Gasteiger partial charge in [-0.15, -0.1) is 0 Å². The SMILES string of the molecule is Cc1ccc(NC(=O)C2CCCN(C(=O)CCc3nc(C(C)(C)C)no3)C2)nc1. The summed E-state index contributed by atoms with van der Waals surface area (Å²) >= 11 is 0. The van der Waals surface area contributed by atoms with E-state index in [1.807, 2.05) is 33.8 Å². The van der Waals surface area contributed by atoms with Crippen LogP contribution in [0.1, 0.15) is 57.3 Å². The highest BCUT2D eigenvalue weighted by Gasteiger charge is 2.29. The second-order valence-corrected chi connectivity index (χ2v) is 8.65. The van der Waals surface area contributed by atoms with Crippen molar-refractivity contribution in [3.8, 4) is 0 Å². The van der Waals surface area contributed by atoms with E-state index in [0.29, 0.717) is 43.5 Å². The lowest BCUT2D eigenvalue weighted by Crippen LogP contribution is -2.43. The van der Waals surface area contributed by atoms with Gasteiger partial charge in [0.1, 0.15) is 5.82 Å². The number of nitrogens with zero attached hydrogens (tertiary/aromatic N) is 4. The first-order valence-electron chi connectivity index (χ1n) is 10.1. The molecule has 0 aliphatic carbocycles. The number of likely N-dealkylation sites (tertiary alicyclic amines) is 1. The lowest BCUT2D eigenvalue weighted by atomic mass is 9.96. The van der Waals surface area contributed by atoms with Crippen molar-refractivity contribution in [2.24, 2.45) is 5.92 Å². The minimum Gasteiger partial charge on any atom is -0.342 e. The molecule has 1 atom stereocenters. The van der Waals surface area contributed by atoms with Crippen LogP contribution >= 0.6 is 0 Å². The molecule has 3 heterocycles. The highest BCUT2D eigenvalue weighted by atomic mass is 16.5. The molecule has 2 amide bonds. The molecule has 1 saturated heterocycles. The number of hydrogen-bond donors (Lipinski definition) is 1. The molecular weight excluding hydrogens is 370 g/mol. The predicted molar refractivity (Wildman–Crippen MR) is 108 cm³/mol. The molecule has 1 aliphatic heterocycles. The predicted octanol–water partition coefficient (Wildman–Crippen LogP) is 2.88. The number of carbonyl (C=O) groups excluding carboxylic acids is 2. The average Bonchev–Trinajstić information content (AvgIpc) is 3.17. The molecule has 29 heavy (non-hydrogen) atoms. The summed E-state index contributed by atoms with van der Waals surface area (Å²) in [5, 5.41) is 6.84. The summed E-state index contributed by atoms with van der Waals surface area (Å²) in [5.41, 5.74) is 0.846. The molecule has 2 aromatic rings. The Kier molecular flexibility index (Phi) is 6.30. The Hall–Kier alpha value is -2.77. The number of piperidine rings is 1. The highest BCUT2D eigenvalue weighted by molar-refractivity contribution is 5.92. The normalized spacial score (nSPS) is 17.2. The Morgan fingerprint density at radius 2 is 2.10 bits per heavy atom. The van der Waals surface area contributed by atoms with Crippen LogP contribution in [0.5, 0.6) is 0 Å². The smallest absolute Gasteiger partial charge is 0.230 e. The minimum atomic E-state index is -0.230. The van der Waals surface area contributed by atoms with Crippen molar-refractivity contribution in [2.45, 2.75) is 58.8 Å². The lowest BCUT2D eigenvalue weighted by molar-refractivity contribution is -0.134. The van der Waals surface area contributed by atoms with Crippen molar-refractivity contribution in [1.29, 1.82) is 0 Å². The summed E-state index contributed by atoms with van der Waals surface area (Å²) in [4.78, 5) is 35.6. The third-order valence-corrected chi connectivity index (χ3v) is 5.00. The molecule has 1 unspecified atom stereocenters. The summed E-state index contributed by atoms with van der Waals surface area (Å²) < 4.78 is 5.26. The van der Waals surface area contributed by atoms with E-state index in [-0.39, 0.29) is 23.1 Å². The zero-order valence-corrected chi connectivity index (χ0v) is 17.6. The first kappa shape index (κ1) is 21.0. The van der Waals surface area contributed by atoms with E-state index < -0.39 is 0 Å². The largest absolute Gasteiger partial charge is 0.342 e. The fraction of sp³-hybridized carbons (Fsp3) is 0.571. The van der Waals surface area contributed by atoms with Gasteiger partial charge in [0.15, 0.2) is 5.82 Å². The Morgan fingerprint density at radius 1 is 1.31 bits per heavy atom. The van der Waals surface area contributed by atoms with Crippen LogP contribution in [0.4, 0.5) is 5.82 Å². The van der Waals surface area contributed by atoms with E-state index in [9.17, 15) is 9.59 Å². The third kappa shape index (κ3) is 5.62. The standard InChI is InChI=1S/C21H29N5O3/c1-14-7-8-16(22-12-14)23-19(28)15-6-5-11-26(13-15)18(27)10-9-17-24-20(25-29-17)21(2,3)4/h7-8,12,15H,5-6,9-11,13H2,1-4H3,(H,22,23,28). The van der Waals surface area contributed by atoms with Crippen LogP contribution in [0.25, 0.3) is 0 Å². The maximum atomic E-state index is 12.6. The van der Waals surface area contributed by atoms with E-state index in [1.54, 1.807) is 17.2 Å². The number of anilines is 1. The summed E-state index contributed by atoms with van der Waals surface area (Å²) in [6, 6.07) is 3.69. The van der Waals surface area contributed by atoms with E-state index in [4.69, 9.17) is 4.52 Å². The lowest BCUT2D eigenvalue weighted by Gasteiger charge is -2.32. The molecule has 3 rings (SSSR count). The Morgan fingerprint density at radius 3 is 2.76 bits per heavy atom. The van der Waals surface area contributed by atoms with Crippen LogP contribution in [0.3, 0.4) is 0 Å². The molecule has 0 spiro atoms. The number of amides is 2. The zero-order valence-electron chi connectivity index (χ0n) is 17.6. The van der Waals surface area contributed by atoms with Crippen molar-refractivity contribution >= 4 is 17.6 Å². The van der Waals surface area contributed by atoms with E-state index in [0.717, 1.165) is 18.4 Å². The molecule has 8 heteroatoms. The number of nitrogens with one attached hydrogen (secondary N) is 1. The van der Waals surface area contributed by atoms with Gasteiger partial charge in [-0.1, -0.05) is 32.0 Å². The average molecular weight is 399 g/mol. The topological polar surface area (TPSA) is 101 Å². The van der Waals surface area contributed by atoms with Crippen molar-refractivity contribution in [3.05, 3.63) is 35.6 Å². The summed E-state index contributed by atoms with van der Waals surface area (Å²) in [6.45, 7) is 9.07. The molecule has 1 N–H and O–H groups in total. The fourth-order valence-corrected chi connectivity index (χ4v) is 3.22. The van der Waals surface area contributed by atoms with Crippen molar-refractivity contribution in [1.82, 2.24) is 20.0 Å². The first-order chi connectivity index (χ1) is 13.7. The Labute approximate surface area is 171 Å². The van der Waals surface area contributed by atoms with E-state index >= 15 is 0 Å². The van der Waals surface area contributed by atoms with Gasteiger partial charge < -0.3 is 14.7 Å². The van der Waals surface area contributed by atoms with Crippen molar-refractivity contribution in [2.75, 3.05) is 18.4 Å². The second-order valence-electron chi connectivity index (χ2n) is 8.65. The molecular formula is C21H29N5O3. The van der Waals surface area contributed by atoms with Gasteiger partial charge in [0, 0.05) is 37.5 Å². The van der Waals surface area contributed by atoms with Crippen LogP contribution in [0, 0.1) is 12.8 Å². The van der Waals surface area contributed by atoms with Crippen LogP contribution in [-0.2, 0) is 21.4 Å². The van der Waals surface area contributed by atoms with Crippen LogP contribution in [-0.4, -0.2) is 44.9 Å². The summed E-state index contributed by atoms with van der Waals surface area (Å²) in [6.07, 6.45) is 3.98. The van der Waals surface area contributed by atoms with Gasteiger partial charge in [0.2, 0.25) is 17.7 Å². The molecule has 156 valence electrons. The van der Waals surface area contributed by atoms with Gasteiger partial charge in [-0.2, -0.15) is 4.98 Å². The Balaban J connectivity index is 1.51. The van der Waals surface area contributed by atoms with Gasteiger partial charge in [-0.05, 0) is 31.4 Å². The van der Waals surface area contributed by atoms with E-state index in [2.05, 4.69) is 20.4 Å². The number of pyridine rings is 1. The fourth-order valence-electron chi connectivity index (χ4n) is 3.22. The monoisotopic (exact) mass is 399 g/mol. The van der Waals surface area contributed by atoms with Crippen molar-refractivity contribution in [3.63, 3.8) is 0 Å². The number of carbonyl (C=O) groups is 2. The molecule has 1 aliphatic rings. The summed E-state index contributed by atoms with van der Waals surface area (Å²) in [7, 11) is 0. The molecule has 8 nitrogen and oxygen atoms in total. The number of aryl methyl sites for hydroxylation is 2. The molecule has 0 saturated carbocycles. The first-order valence-corrected chi connectivity index (χ1v) is 10.1.